The van der Waals surface area contributed by atoms with Crippen LogP contribution in [0.1, 0.15) is 259 Å². The molecule has 6 nitrogen and oxygen atoms in total. The number of nitrogens with zero attached hydrogens (tertiary/aromatic N) is 2. The van der Waals surface area contributed by atoms with Gasteiger partial charge in [0.2, 0.25) is 0 Å². The number of hydrogen-bond donors (Lipinski definition) is 2. The second-order valence-corrected chi connectivity index (χ2v) is 18.8. The molecule has 0 aromatic rings. The first-order valence-electron chi connectivity index (χ1n) is 25.0. The molecular weight excluding hydrogens is 693 g/mol. The summed E-state index contributed by atoms with van der Waals surface area (Å²) < 4.78 is 0. The number of likely N-dealkylation sites (N-methyl/N-ethyl adjacent to an activating group) is 2. The van der Waals surface area contributed by atoms with Crippen LogP contribution < -0.4 is 0 Å². The molecule has 56 heavy (non-hydrogen) atoms. The highest BCUT2D eigenvalue weighted by molar-refractivity contribution is 5.75. The molecule has 0 aromatic heterocycles. The fourth-order valence-electron chi connectivity index (χ4n) is 10.1. The minimum atomic E-state index is -0.537. The zero-order chi connectivity index (χ0) is 41.3. The molecule has 0 heterocycles. The van der Waals surface area contributed by atoms with Crippen molar-refractivity contribution in [1.82, 2.24) is 9.80 Å². The molecule has 0 amide bonds. The number of carbonyl (C=O) groups is 2. The minimum Gasteiger partial charge on any atom is -0.481 e. The molecule has 2 N–H and O–H groups in total. The summed E-state index contributed by atoms with van der Waals surface area (Å²) in [6.45, 7) is 11.2. The van der Waals surface area contributed by atoms with Gasteiger partial charge in [0.1, 0.15) is 0 Å². The van der Waals surface area contributed by atoms with Gasteiger partial charge in [0.15, 0.2) is 0 Å². The summed E-state index contributed by atoms with van der Waals surface area (Å²) in [6, 6.07) is 1.16. The van der Waals surface area contributed by atoms with Gasteiger partial charge in [-0.25, -0.2) is 0 Å². The Labute approximate surface area is 349 Å². The van der Waals surface area contributed by atoms with Gasteiger partial charge in [0.25, 0.3) is 0 Å². The molecule has 0 aromatic carbocycles. The molecule has 1 fully saturated rings. The first kappa shape index (κ1) is 52.9. The van der Waals surface area contributed by atoms with Gasteiger partial charge in [-0.2, -0.15) is 0 Å². The van der Waals surface area contributed by atoms with E-state index >= 15 is 0 Å². The van der Waals surface area contributed by atoms with Gasteiger partial charge >= 0.3 is 11.9 Å². The van der Waals surface area contributed by atoms with Crippen molar-refractivity contribution in [2.45, 2.75) is 271 Å². The molecule has 6 heteroatoms. The van der Waals surface area contributed by atoms with Crippen LogP contribution in [0.4, 0.5) is 0 Å². The number of rotatable bonds is 40. The summed E-state index contributed by atoms with van der Waals surface area (Å²) in [4.78, 5) is 30.9. The Balaban J connectivity index is 2.65. The Morgan fingerprint density at radius 1 is 0.411 bits per heavy atom. The molecule has 2 unspecified atom stereocenters. The Bertz CT molecular complexity index is 870. The van der Waals surface area contributed by atoms with E-state index in [0.29, 0.717) is 12.1 Å². The molecule has 1 aliphatic carbocycles. The third-order valence-electron chi connectivity index (χ3n) is 14.1. The lowest BCUT2D eigenvalue weighted by Crippen LogP contribution is -2.51. The van der Waals surface area contributed by atoms with Crippen LogP contribution in [0.25, 0.3) is 0 Å². The zero-order valence-corrected chi connectivity index (χ0v) is 38.6. The number of aliphatic carboxylic acids is 2. The average Bonchev–Trinajstić information content (AvgIpc) is 3.19. The van der Waals surface area contributed by atoms with Gasteiger partial charge in [-0.15, -0.1) is 0 Å². The van der Waals surface area contributed by atoms with Gasteiger partial charge in [0.05, 0.1) is 10.8 Å². The molecule has 4 atom stereocenters. The van der Waals surface area contributed by atoms with Crippen molar-refractivity contribution < 1.29 is 19.8 Å². The van der Waals surface area contributed by atoms with Gasteiger partial charge in [0, 0.05) is 12.1 Å². The fraction of sp³-hybridized carbons (Fsp3) is 0.960. The Morgan fingerprint density at radius 2 is 0.643 bits per heavy atom. The Hall–Kier alpha value is -1.14. The van der Waals surface area contributed by atoms with Crippen LogP contribution in [-0.2, 0) is 9.59 Å². The normalized spacial score (nSPS) is 18.4. The van der Waals surface area contributed by atoms with Crippen molar-refractivity contribution in [1.29, 1.82) is 0 Å². The smallest absolute Gasteiger partial charge is 0.309 e. The maximum absolute atomic E-state index is 12.8. The summed E-state index contributed by atoms with van der Waals surface area (Å²) in [6.07, 6.45) is 40.7. The van der Waals surface area contributed by atoms with Crippen LogP contribution in [0.2, 0.25) is 0 Å². The molecule has 0 saturated heterocycles. The molecule has 1 rings (SSSR count). The van der Waals surface area contributed by atoms with E-state index in [1.54, 1.807) is 0 Å². The van der Waals surface area contributed by atoms with Gasteiger partial charge in [-0.1, -0.05) is 195 Å². The van der Waals surface area contributed by atoms with E-state index in [0.717, 1.165) is 129 Å². The van der Waals surface area contributed by atoms with E-state index in [9.17, 15) is 19.8 Å². The largest absolute Gasteiger partial charge is 0.481 e. The molecule has 0 aliphatic heterocycles. The van der Waals surface area contributed by atoms with Crippen LogP contribution in [0.3, 0.4) is 0 Å². The summed E-state index contributed by atoms with van der Waals surface area (Å²) in [5.41, 5.74) is -1.06. The summed E-state index contributed by atoms with van der Waals surface area (Å²) in [5, 5.41) is 21.1. The summed E-state index contributed by atoms with van der Waals surface area (Å²) in [5.74, 6) is -1.07. The maximum atomic E-state index is 12.8. The predicted molar refractivity (Wildman–Crippen MR) is 242 cm³/mol. The summed E-state index contributed by atoms with van der Waals surface area (Å²) in [7, 11) is 4.67. The average molecular weight is 791 g/mol. The van der Waals surface area contributed by atoms with Gasteiger partial charge in [-0.05, 0) is 91.4 Å². The lowest BCUT2D eigenvalue weighted by Gasteiger charge is -2.43. The monoisotopic (exact) mass is 791 g/mol. The van der Waals surface area contributed by atoms with Gasteiger partial charge in [-0.3, -0.25) is 9.59 Å². The lowest BCUT2D eigenvalue weighted by molar-refractivity contribution is -0.151. The quantitative estimate of drug-likeness (QED) is 0.0602. The molecular formula is C50H98N2O4. The fourth-order valence-corrected chi connectivity index (χ4v) is 10.1. The molecule has 332 valence electrons. The van der Waals surface area contributed by atoms with Crippen molar-refractivity contribution in [2.24, 2.45) is 10.8 Å². The molecule has 0 radical (unpaired) electrons. The van der Waals surface area contributed by atoms with E-state index in [1.807, 2.05) is 0 Å². The number of carboxylic acids is 2. The maximum Gasteiger partial charge on any atom is 0.309 e. The lowest BCUT2D eigenvalue weighted by atomic mass is 9.74. The zero-order valence-electron chi connectivity index (χ0n) is 38.6. The third-order valence-corrected chi connectivity index (χ3v) is 14.1. The minimum absolute atomic E-state index is 0.529. The van der Waals surface area contributed by atoms with Crippen molar-refractivity contribution >= 4 is 11.9 Å². The molecule has 0 bridgehead atoms. The standard InChI is InChI=1S/C50H98N2O4/c1-7-11-15-19-21-29-39-49(47(53)54,37-27-17-13-9-3)41-31-23-33-43-51(5)45-35-25-26-36-46(45)52(6)44-34-24-32-42-50(48(55)56,38-28-18-14-10-4)40-30-22-20-16-12-8-2/h45-46H,7-44H2,1-6H3,(H,53,54)(H,55,56)/t45-,46-,49?,50?/m1/s1. The van der Waals surface area contributed by atoms with Crippen LogP contribution >= 0.6 is 0 Å². The van der Waals surface area contributed by atoms with E-state index in [4.69, 9.17) is 0 Å². The second-order valence-electron chi connectivity index (χ2n) is 18.8. The van der Waals surface area contributed by atoms with E-state index in [1.165, 1.54) is 116 Å². The predicted octanol–water partition coefficient (Wildman–Crippen LogP) is 14.9. The van der Waals surface area contributed by atoms with Crippen LogP contribution in [-0.4, -0.2) is 71.2 Å². The highest BCUT2D eigenvalue weighted by Crippen LogP contribution is 2.39. The van der Waals surface area contributed by atoms with Crippen LogP contribution in [0, 0.1) is 10.8 Å². The number of unbranched alkanes of at least 4 members (excludes halogenated alkanes) is 20. The SMILES string of the molecule is CCCCCCCCC(CCCCCC)(CCCCCN(C)[C@@H]1CCCC[C@H]1N(C)CCCCCC(CCCCCC)(CCCCCCCC)C(=O)O)C(=O)O. The highest BCUT2D eigenvalue weighted by atomic mass is 16.4. The summed E-state index contributed by atoms with van der Waals surface area (Å²) >= 11 is 0. The van der Waals surface area contributed by atoms with Crippen molar-refractivity contribution in [2.75, 3.05) is 27.2 Å². The molecule has 1 aliphatic rings. The number of hydrogen-bond acceptors (Lipinski definition) is 4. The van der Waals surface area contributed by atoms with Crippen LogP contribution in [0.5, 0.6) is 0 Å². The topological polar surface area (TPSA) is 81.1 Å². The van der Waals surface area contributed by atoms with Gasteiger partial charge < -0.3 is 20.0 Å². The van der Waals surface area contributed by atoms with Crippen molar-refractivity contribution in [3.63, 3.8) is 0 Å². The third kappa shape index (κ3) is 22.3. The first-order valence-corrected chi connectivity index (χ1v) is 25.0. The molecule has 0 spiro atoms. The van der Waals surface area contributed by atoms with Crippen molar-refractivity contribution in [3.8, 4) is 0 Å². The second kappa shape index (κ2) is 33.7. The van der Waals surface area contributed by atoms with E-state index in [2.05, 4.69) is 51.6 Å². The Kier molecular flexibility index (Phi) is 31.8. The Morgan fingerprint density at radius 3 is 0.911 bits per heavy atom. The first-order chi connectivity index (χ1) is 27.1. The number of carboxylic acid groups (broad SMARTS) is 2. The highest BCUT2D eigenvalue weighted by Gasteiger charge is 2.38. The van der Waals surface area contributed by atoms with Crippen LogP contribution in [0.15, 0.2) is 0 Å². The molecule has 1 saturated carbocycles. The van der Waals surface area contributed by atoms with Crippen molar-refractivity contribution in [3.05, 3.63) is 0 Å². The van der Waals surface area contributed by atoms with E-state index in [-0.39, 0.29) is 0 Å². The van der Waals surface area contributed by atoms with E-state index < -0.39 is 22.8 Å².